The molecule has 0 aliphatic rings. The Hall–Kier alpha value is -0.980. The minimum absolute atomic E-state index is 0.121. The minimum Gasteiger partial charge on any atom is -0.320 e. The summed E-state index contributed by atoms with van der Waals surface area (Å²) in [7, 11) is 3.95. The molecule has 0 spiro atoms. The SMILES string of the molecule is CNCCCN(C)Cc1ccc(Br)c([N+](=O)[O-])c1. The zero-order chi connectivity index (χ0) is 13.5. The zero-order valence-corrected chi connectivity index (χ0v) is 12.2. The molecule has 1 rings (SSSR count). The van der Waals surface area contributed by atoms with E-state index < -0.39 is 0 Å². The Morgan fingerprint density at radius 1 is 1.50 bits per heavy atom. The summed E-state index contributed by atoms with van der Waals surface area (Å²) in [4.78, 5) is 12.6. The molecule has 0 bridgehead atoms. The third-order valence-corrected chi connectivity index (χ3v) is 3.30. The second-order valence-corrected chi connectivity index (χ2v) is 5.09. The molecule has 0 heterocycles. The fourth-order valence-electron chi connectivity index (χ4n) is 1.71. The van der Waals surface area contributed by atoms with Crippen LogP contribution in [0.1, 0.15) is 12.0 Å². The van der Waals surface area contributed by atoms with Crippen molar-refractivity contribution < 1.29 is 4.92 Å². The molecule has 0 aromatic heterocycles. The molecule has 5 nitrogen and oxygen atoms in total. The number of halogens is 1. The first-order valence-electron chi connectivity index (χ1n) is 5.80. The molecule has 0 saturated carbocycles. The number of nitro benzene ring substituents is 1. The maximum atomic E-state index is 10.8. The topological polar surface area (TPSA) is 58.4 Å². The van der Waals surface area contributed by atoms with Gasteiger partial charge in [0.2, 0.25) is 0 Å². The van der Waals surface area contributed by atoms with E-state index in [9.17, 15) is 10.1 Å². The lowest BCUT2D eigenvalue weighted by molar-refractivity contribution is -0.385. The fraction of sp³-hybridized carbons (Fsp3) is 0.500. The molecular formula is C12H18BrN3O2. The molecule has 0 aliphatic heterocycles. The van der Waals surface area contributed by atoms with Crippen LogP contribution in [0.15, 0.2) is 22.7 Å². The van der Waals surface area contributed by atoms with Gasteiger partial charge in [0.05, 0.1) is 9.40 Å². The molecule has 0 radical (unpaired) electrons. The molecule has 0 saturated heterocycles. The van der Waals surface area contributed by atoms with Crippen molar-refractivity contribution in [2.75, 3.05) is 27.2 Å². The molecule has 0 amide bonds. The summed E-state index contributed by atoms with van der Waals surface area (Å²) in [6.07, 6.45) is 1.06. The van der Waals surface area contributed by atoms with Crippen LogP contribution in [0.25, 0.3) is 0 Å². The van der Waals surface area contributed by atoms with Crippen LogP contribution in [0.3, 0.4) is 0 Å². The van der Waals surface area contributed by atoms with Gasteiger partial charge >= 0.3 is 0 Å². The predicted octanol–water partition coefficient (Wildman–Crippen LogP) is 2.40. The number of rotatable bonds is 7. The van der Waals surface area contributed by atoms with Gasteiger partial charge in [0, 0.05) is 12.6 Å². The Morgan fingerprint density at radius 3 is 2.83 bits per heavy atom. The highest BCUT2D eigenvalue weighted by atomic mass is 79.9. The highest BCUT2D eigenvalue weighted by molar-refractivity contribution is 9.10. The molecule has 0 unspecified atom stereocenters. The van der Waals surface area contributed by atoms with Crippen LogP contribution in [0.2, 0.25) is 0 Å². The molecule has 1 aromatic carbocycles. The lowest BCUT2D eigenvalue weighted by Crippen LogP contribution is -2.22. The average Bonchev–Trinajstić information content (AvgIpc) is 2.31. The Labute approximate surface area is 115 Å². The summed E-state index contributed by atoms with van der Waals surface area (Å²) >= 11 is 3.18. The molecular weight excluding hydrogens is 298 g/mol. The van der Waals surface area contributed by atoms with Crippen LogP contribution in [0.5, 0.6) is 0 Å². The Morgan fingerprint density at radius 2 is 2.22 bits per heavy atom. The van der Waals surface area contributed by atoms with E-state index in [4.69, 9.17) is 0 Å². The number of nitrogens with zero attached hydrogens (tertiary/aromatic N) is 2. The van der Waals surface area contributed by atoms with Crippen LogP contribution in [0, 0.1) is 10.1 Å². The number of hydrogen-bond donors (Lipinski definition) is 1. The number of hydrogen-bond acceptors (Lipinski definition) is 4. The molecule has 18 heavy (non-hydrogen) atoms. The summed E-state index contributed by atoms with van der Waals surface area (Å²) in [5.41, 5.74) is 1.08. The van der Waals surface area contributed by atoms with Crippen molar-refractivity contribution in [1.29, 1.82) is 0 Å². The molecule has 0 aliphatic carbocycles. The lowest BCUT2D eigenvalue weighted by atomic mass is 10.2. The predicted molar refractivity (Wildman–Crippen MR) is 75.7 cm³/mol. The van der Waals surface area contributed by atoms with Crippen molar-refractivity contribution in [2.24, 2.45) is 0 Å². The van der Waals surface area contributed by atoms with Crippen LogP contribution in [0.4, 0.5) is 5.69 Å². The van der Waals surface area contributed by atoms with E-state index in [1.165, 1.54) is 0 Å². The summed E-state index contributed by atoms with van der Waals surface area (Å²) in [5, 5.41) is 13.9. The van der Waals surface area contributed by atoms with E-state index in [1.54, 1.807) is 12.1 Å². The Kier molecular flexibility index (Phi) is 6.24. The van der Waals surface area contributed by atoms with Gasteiger partial charge < -0.3 is 10.2 Å². The first-order chi connectivity index (χ1) is 8.54. The molecule has 6 heteroatoms. The third kappa shape index (κ3) is 4.72. The van der Waals surface area contributed by atoms with Gasteiger partial charge in [0.25, 0.3) is 5.69 Å². The van der Waals surface area contributed by atoms with Crippen LogP contribution >= 0.6 is 15.9 Å². The van der Waals surface area contributed by atoms with E-state index in [0.29, 0.717) is 4.47 Å². The standard InChI is InChI=1S/C12H18BrN3O2/c1-14-6-3-7-15(2)9-10-4-5-11(13)12(8-10)16(17)18/h4-5,8,14H,3,6-7,9H2,1-2H3. The van der Waals surface area contributed by atoms with E-state index >= 15 is 0 Å². The van der Waals surface area contributed by atoms with Gasteiger partial charge in [-0.3, -0.25) is 10.1 Å². The summed E-state index contributed by atoms with van der Waals surface area (Å²) in [5.74, 6) is 0. The molecule has 1 N–H and O–H groups in total. The largest absolute Gasteiger partial charge is 0.320 e. The normalized spacial score (nSPS) is 10.9. The van der Waals surface area contributed by atoms with E-state index in [1.807, 2.05) is 20.2 Å². The van der Waals surface area contributed by atoms with Crippen molar-refractivity contribution in [2.45, 2.75) is 13.0 Å². The van der Waals surface area contributed by atoms with E-state index in [2.05, 4.69) is 26.1 Å². The van der Waals surface area contributed by atoms with Crippen LogP contribution in [-0.4, -0.2) is 37.0 Å². The van der Waals surface area contributed by atoms with Gasteiger partial charge in [0.1, 0.15) is 0 Å². The average molecular weight is 316 g/mol. The van der Waals surface area contributed by atoms with E-state index in [-0.39, 0.29) is 10.6 Å². The fourth-order valence-corrected chi connectivity index (χ4v) is 2.10. The summed E-state index contributed by atoms with van der Waals surface area (Å²) in [6, 6.07) is 5.26. The third-order valence-electron chi connectivity index (χ3n) is 2.63. The van der Waals surface area contributed by atoms with Gasteiger partial charge in [-0.25, -0.2) is 0 Å². The van der Waals surface area contributed by atoms with Gasteiger partial charge in [-0.15, -0.1) is 0 Å². The van der Waals surface area contributed by atoms with Gasteiger partial charge in [-0.05, 0) is 61.2 Å². The van der Waals surface area contributed by atoms with Crippen molar-refractivity contribution >= 4 is 21.6 Å². The zero-order valence-electron chi connectivity index (χ0n) is 10.6. The highest BCUT2D eigenvalue weighted by Crippen LogP contribution is 2.25. The van der Waals surface area contributed by atoms with E-state index in [0.717, 1.165) is 31.6 Å². The second kappa shape index (κ2) is 7.45. The molecule has 0 fully saturated rings. The number of nitrogens with one attached hydrogen (secondary N) is 1. The lowest BCUT2D eigenvalue weighted by Gasteiger charge is -2.16. The number of benzene rings is 1. The Bertz CT molecular complexity index is 412. The van der Waals surface area contributed by atoms with Crippen LogP contribution < -0.4 is 5.32 Å². The monoisotopic (exact) mass is 315 g/mol. The first kappa shape index (κ1) is 15.1. The van der Waals surface area contributed by atoms with Crippen molar-refractivity contribution in [3.8, 4) is 0 Å². The maximum Gasteiger partial charge on any atom is 0.283 e. The highest BCUT2D eigenvalue weighted by Gasteiger charge is 2.12. The van der Waals surface area contributed by atoms with Gasteiger partial charge in [0.15, 0.2) is 0 Å². The second-order valence-electron chi connectivity index (χ2n) is 4.24. The summed E-state index contributed by atoms with van der Waals surface area (Å²) < 4.78 is 0.522. The smallest absolute Gasteiger partial charge is 0.283 e. The quantitative estimate of drug-likeness (QED) is 0.477. The first-order valence-corrected chi connectivity index (χ1v) is 6.60. The van der Waals surface area contributed by atoms with Crippen molar-refractivity contribution in [1.82, 2.24) is 10.2 Å². The Balaban J connectivity index is 2.62. The maximum absolute atomic E-state index is 10.8. The van der Waals surface area contributed by atoms with Crippen LogP contribution in [-0.2, 0) is 6.54 Å². The van der Waals surface area contributed by atoms with Gasteiger partial charge in [-0.2, -0.15) is 0 Å². The van der Waals surface area contributed by atoms with Crippen molar-refractivity contribution in [3.63, 3.8) is 0 Å². The molecule has 100 valence electrons. The van der Waals surface area contributed by atoms with Crippen molar-refractivity contribution in [3.05, 3.63) is 38.3 Å². The minimum atomic E-state index is -0.366. The number of nitro groups is 1. The molecule has 0 atom stereocenters. The summed E-state index contributed by atoms with van der Waals surface area (Å²) in [6.45, 7) is 2.66. The molecule has 1 aromatic rings. The van der Waals surface area contributed by atoms with Gasteiger partial charge in [-0.1, -0.05) is 6.07 Å².